The van der Waals surface area contributed by atoms with Crippen LogP contribution < -0.4 is 0 Å². The number of carboxylic acid groups (broad SMARTS) is 1. The summed E-state index contributed by atoms with van der Waals surface area (Å²) in [5, 5.41) is 16.5. The minimum Gasteiger partial charge on any atom is -0.476 e. The van der Waals surface area contributed by atoms with Crippen molar-refractivity contribution in [1.82, 2.24) is 15.0 Å². The second-order valence-corrected chi connectivity index (χ2v) is 5.74. The van der Waals surface area contributed by atoms with Crippen LogP contribution in [0.1, 0.15) is 40.5 Å². The van der Waals surface area contributed by atoms with Crippen molar-refractivity contribution in [2.45, 2.75) is 25.3 Å². The number of hydrogen-bond acceptors (Lipinski definition) is 3. The van der Waals surface area contributed by atoms with Crippen LogP contribution in [0.5, 0.6) is 0 Å². The summed E-state index contributed by atoms with van der Waals surface area (Å²) in [7, 11) is 0. The van der Waals surface area contributed by atoms with E-state index in [0.29, 0.717) is 5.69 Å². The molecule has 1 aliphatic carbocycles. The first-order valence-corrected chi connectivity index (χ1v) is 7.07. The number of aromatic carboxylic acids is 1. The quantitative estimate of drug-likeness (QED) is 0.854. The third-order valence-corrected chi connectivity index (χ3v) is 4.00. The smallest absolute Gasteiger partial charge is 0.358 e. The first kappa shape index (κ1) is 14.1. The van der Waals surface area contributed by atoms with E-state index in [9.17, 15) is 13.6 Å². The topological polar surface area (TPSA) is 68.0 Å². The van der Waals surface area contributed by atoms with E-state index in [1.54, 1.807) is 0 Å². The van der Waals surface area contributed by atoms with Gasteiger partial charge < -0.3 is 5.11 Å². The summed E-state index contributed by atoms with van der Waals surface area (Å²) in [6.45, 7) is -0.191. The Balaban J connectivity index is 2.03. The van der Waals surface area contributed by atoms with Gasteiger partial charge in [0, 0.05) is 11.5 Å². The van der Waals surface area contributed by atoms with E-state index < -0.39 is 17.6 Å². The van der Waals surface area contributed by atoms with E-state index in [-0.39, 0.29) is 28.2 Å². The molecule has 0 spiro atoms. The van der Waals surface area contributed by atoms with Gasteiger partial charge in [-0.3, -0.25) is 0 Å². The number of hydrogen-bond donors (Lipinski definition) is 1. The maximum Gasteiger partial charge on any atom is 0.358 e. The number of halogens is 3. The fraction of sp³-hybridized carbons (Fsp3) is 0.308. The third kappa shape index (κ3) is 2.55. The van der Waals surface area contributed by atoms with Crippen LogP contribution in [0.25, 0.3) is 0 Å². The van der Waals surface area contributed by atoms with Crippen LogP contribution in [-0.2, 0) is 6.54 Å². The highest BCUT2D eigenvalue weighted by atomic mass is 79.9. The lowest BCUT2D eigenvalue weighted by Crippen LogP contribution is -2.11. The molecule has 0 radical (unpaired) electrons. The van der Waals surface area contributed by atoms with E-state index in [1.165, 1.54) is 10.7 Å². The fourth-order valence-electron chi connectivity index (χ4n) is 2.21. The second-order valence-electron chi connectivity index (χ2n) is 4.88. The molecule has 110 valence electrons. The van der Waals surface area contributed by atoms with Crippen molar-refractivity contribution < 1.29 is 18.7 Å². The third-order valence-electron chi connectivity index (χ3n) is 3.39. The Bertz CT molecular complexity index is 728. The predicted octanol–water partition coefficient (Wildman–Crippen LogP) is 2.94. The molecule has 1 saturated carbocycles. The second kappa shape index (κ2) is 5.18. The summed E-state index contributed by atoms with van der Waals surface area (Å²) in [6, 6.07) is 2.42. The van der Waals surface area contributed by atoms with Crippen LogP contribution in [-0.4, -0.2) is 26.1 Å². The minimum atomic E-state index is -1.18. The molecule has 0 aliphatic heterocycles. The number of aromatic nitrogens is 3. The first-order valence-electron chi connectivity index (χ1n) is 6.28. The highest BCUT2D eigenvalue weighted by Crippen LogP contribution is 2.41. The Kier molecular flexibility index (Phi) is 3.48. The average Bonchev–Trinajstić information content (AvgIpc) is 3.19. The summed E-state index contributed by atoms with van der Waals surface area (Å²) in [4.78, 5) is 11.1. The van der Waals surface area contributed by atoms with Crippen LogP contribution >= 0.6 is 15.9 Å². The molecule has 21 heavy (non-hydrogen) atoms. The summed E-state index contributed by atoms with van der Waals surface area (Å²) >= 11 is 3.00. The molecule has 1 heterocycles. The van der Waals surface area contributed by atoms with Gasteiger partial charge in [0.1, 0.15) is 11.6 Å². The molecular formula is C13H10BrF2N3O2. The van der Waals surface area contributed by atoms with Gasteiger partial charge in [-0.15, -0.1) is 5.10 Å². The van der Waals surface area contributed by atoms with E-state index >= 15 is 0 Å². The number of carboxylic acids is 1. The van der Waals surface area contributed by atoms with Crippen molar-refractivity contribution in [3.05, 3.63) is 45.2 Å². The summed E-state index contributed by atoms with van der Waals surface area (Å²) in [5.74, 6) is -2.56. The number of carbonyl (C=O) groups is 1. The van der Waals surface area contributed by atoms with E-state index in [4.69, 9.17) is 5.11 Å². The molecule has 1 N–H and O–H groups in total. The summed E-state index contributed by atoms with van der Waals surface area (Å²) < 4.78 is 29.2. The Morgan fingerprint density at radius 2 is 2.14 bits per heavy atom. The highest BCUT2D eigenvalue weighted by Gasteiger charge is 2.34. The van der Waals surface area contributed by atoms with Gasteiger partial charge in [0.15, 0.2) is 5.69 Å². The molecule has 0 saturated heterocycles. The molecule has 1 aromatic carbocycles. The van der Waals surface area contributed by atoms with Crippen LogP contribution in [0.3, 0.4) is 0 Å². The largest absolute Gasteiger partial charge is 0.476 e. The van der Waals surface area contributed by atoms with Gasteiger partial charge in [-0.2, -0.15) is 0 Å². The van der Waals surface area contributed by atoms with Crippen molar-refractivity contribution in [1.29, 1.82) is 0 Å². The van der Waals surface area contributed by atoms with Crippen LogP contribution in [0.2, 0.25) is 0 Å². The highest BCUT2D eigenvalue weighted by molar-refractivity contribution is 9.10. The van der Waals surface area contributed by atoms with Gasteiger partial charge in [-0.05, 0) is 40.9 Å². The van der Waals surface area contributed by atoms with Crippen molar-refractivity contribution >= 4 is 21.9 Å². The lowest BCUT2D eigenvalue weighted by molar-refractivity contribution is 0.0689. The summed E-state index contributed by atoms with van der Waals surface area (Å²) in [6.07, 6.45) is 1.66. The van der Waals surface area contributed by atoms with Crippen molar-refractivity contribution in [2.75, 3.05) is 0 Å². The Labute approximate surface area is 126 Å². The van der Waals surface area contributed by atoms with Gasteiger partial charge in [0.2, 0.25) is 0 Å². The zero-order chi connectivity index (χ0) is 15.1. The Hall–Kier alpha value is -1.83. The van der Waals surface area contributed by atoms with Crippen LogP contribution in [0.4, 0.5) is 8.78 Å². The van der Waals surface area contributed by atoms with Crippen molar-refractivity contribution in [3.8, 4) is 0 Å². The Morgan fingerprint density at radius 1 is 1.43 bits per heavy atom. The average molecular weight is 358 g/mol. The molecule has 0 bridgehead atoms. The van der Waals surface area contributed by atoms with Crippen molar-refractivity contribution in [3.63, 3.8) is 0 Å². The molecule has 0 amide bonds. The zero-order valence-electron chi connectivity index (χ0n) is 10.7. The standard InChI is InChI=1S/C13H10BrF2N3O2/c14-8-3-4-9(15)7(10(8)16)5-19-12(6-1-2-6)11(13(20)21)17-18-19/h3-4,6H,1-2,5H2,(H,20,21). The number of nitrogens with zero attached hydrogens (tertiary/aromatic N) is 3. The molecule has 0 atom stereocenters. The molecule has 1 fully saturated rings. The number of benzene rings is 1. The van der Waals surface area contributed by atoms with E-state index in [2.05, 4.69) is 26.2 Å². The Morgan fingerprint density at radius 3 is 2.76 bits per heavy atom. The van der Waals surface area contributed by atoms with Gasteiger partial charge in [-0.1, -0.05) is 5.21 Å². The maximum atomic E-state index is 14.0. The molecule has 2 aromatic rings. The van der Waals surface area contributed by atoms with Gasteiger partial charge in [0.25, 0.3) is 0 Å². The normalized spacial score (nSPS) is 14.4. The van der Waals surface area contributed by atoms with Gasteiger partial charge in [0.05, 0.1) is 16.7 Å². The van der Waals surface area contributed by atoms with Gasteiger partial charge in [-0.25, -0.2) is 18.3 Å². The molecule has 1 aliphatic rings. The first-order chi connectivity index (χ1) is 9.99. The van der Waals surface area contributed by atoms with E-state index in [0.717, 1.165) is 18.9 Å². The molecular weight excluding hydrogens is 348 g/mol. The van der Waals surface area contributed by atoms with Gasteiger partial charge >= 0.3 is 5.97 Å². The monoisotopic (exact) mass is 357 g/mol. The van der Waals surface area contributed by atoms with Crippen LogP contribution in [0, 0.1) is 11.6 Å². The van der Waals surface area contributed by atoms with Crippen molar-refractivity contribution in [2.24, 2.45) is 0 Å². The SMILES string of the molecule is O=C(O)c1nnn(Cc2c(F)ccc(Br)c2F)c1C1CC1. The minimum absolute atomic E-state index is 0.0457. The molecule has 5 nitrogen and oxygen atoms in total. The maximum absolute atomic E-state index is 14.0. The lowest BCUT2D eigenvalue weighted by Gasteiger charge is -2.09. The molecule has 1 aromatic heterocycles. The number of rotatable bonds is 4. The fourth-order valence-corrected chi connectivity index (χ4v) is 2.59. The predicted molar refractivity (Wildman–Crippen MR) is 72.1 cm³/mol. The van der Waals surface area contributed by atoms with E-state index in [1.807, 2.05) is 0 Å². The van der Waals surface area contributed by atoms with Crippen LogP contribution in [0.15, 0.2) is 16.6 Å². The molecule has 8 heteroatoms. The summed E-state index contributed by atoms with van der Waals surface area (Å²) in [5.41, 5.74) is 0.114. The zero-order valence-corrected chi connectivity index (χ0v) is 12.3. The molecule has 3 rings (SSSR count). The lowest BCUT2D eigenvalue weighted by atomic mass is 10.1. The molecule has 0 unspecified atom stereocenters.